The zero-order chi connectivity index (χ0) is 26.7. The Bertz CT molecular complexity index is 1120. The van der Waals surface area contributed by atoms with Crippen LogP contribution in [0.4, 0.5) is 4.79 Å². The second kappa shape index (κ2) is 10.9. The van der Waals surface area contributed by atoms with Crippen molar-refractivity contribution in [2.45, 2.75) is 58.0 Å². The molecule has 1 unspecified atom stereocenters. The highest BCUT2D eigenvalue weighted by molar-refractivity contribution is 5.77. The highest BCUT2D eigenvalue weighted by atomic mass is 16.6. The normalized spacial score (nSPS) is 16.6. The van der Waals surface area contributed by atoms with E-state index in [9.17, 15) is 14.7 Å². The van der Waals surface area contributed by atoms with Crippen LogP contribution in [-0.2, 0) is 28.8 Å². The number of methoxy groups -OCH3 is 2. The van der Waals surface area contributed by atoms with Crippen LogP contribution in [0.2, 0.25) is 0 Å². The highest BCUT2D eigenvalue weighted by Crippen LogP contribution is 2.38. The number of nitrogens with zero attached hydrogens (tertiary/aromatic N) is 2. The Morgan fingerprint density at radius 1 is 1.00 bits per heavy atom. The van der Waals surface area contributed by atoms with Crippen molar-refractivity contribution in [2.75, 3.05) is 40.4 Å². The summed E-state index contributed by atoms with van der Waals surface area (Å²) in [6.07, 6.45) is 2.09. The summed E-state index contributed by atoms with van der Waals surface area (Å²) in [7, 11) is 3.25. The third kappa shape index (κ3) is 6.29. The maximum absolute atomic E-state index is 13.2. The predicted octanol–water partition coefficient (Wildman–Crippen LogP) is 4.30. The summed E-state index contributed by atoms with van der Waals surface area (Å²) in [6.45, 7) is 7.53. The Hall–Kier alpha value is -3.42. The monoisotopic (exact) mass is 510 g/mol. The molecule has 0 spiro atoms. The average Bonchev–Trinajstić information content (AvgIpc) is 3.04. The highest BCUT2D eigenvalue weighted by Gasteiger charge is 2.32. The minimum absolute atomic E-state index is 0.0271. The fourth-order valence-corrected chi connectivity index (χ4v) is 5.11. The van der Waals surface area contributed by atoms with Crippen LogP contribution in [0.1, 0.15) is 55.4 Å². The standard InChI is InChI=1S/C29H38N2O6/c1-29(2,3)37-28(34)31(18-22-14-21-15-23(32)6-7-24(21)22)13-10-27(33)30-11-8-19-16-25(35-4)26(36-5)17-20(19)9-12-30/h6-7,15-17,22,32H,8-14,18H2,1-5H3. The van der Waals surface area contributed by atoms with Gasteiger partial charge >= 0.3 is 6.09 Å². The summed E-state index contributed by atoms with van der Waals surface area (Å²) in [5.41, 5.74) is 3.94. The summed E-state index contributed by atoms with van der Waals surface area (Å²) in [5.74, 6) is 1.84. The lowest BCUT2D eigenvalue weighted by Gasteiger charge is -2.36. The maximum atomic E-state index is 13.2. The molecule has 0 fully saturated rings. The van der Waals surface area contributed by atoms with Gasteiger partial charge in [0, 0.05) is 38.5 Å². The number of hydrogen-bond acceptors (Lipinski definition) is 6. The lowest BCUT2D eigenvalue weighted by molar-refractivity contribution is -0.131. The number of benzene rings is 2. The Labute approximate surface area is 219 Å². The van der Waals surface area contributed by atoms with Crippen molar-refractivity contribution in [3.8, 4) is 17.2 Å². The van der Waals surface area contributed by atoms with Gasteiger partial charge in [-0.1, -0.05) is 6.07 Å². The summed E-state index contributed by atoms with van der Waals surface area (Å²) in [5, 5.41) is 9.72. The second-order valence-electron chi connectivity index (χ2n) is 10.8. The van der Waals surface area contributed by atoms with E-state index in [1.807, 2.05) is 43.9 Å². The van der Waals surface area contributed by atoms with Crippen molar-refractivity contribution in [3.63, 3.8) is 0 Å². The first-order valence-electron chi connectivity index (χ1n) is 12.9. The number of hydrogen-bond donors (Lipinski definition) is 1. The molecular weight excluding hydrogens is 472 g/mol. The molecule has 2 amide bonds. The molecule has 0 radical (unpaired) electrons. The number of phenolic OH excluding ortho intramolecular Hbond substituents is 1. The number of ether oxygens (including phenoxy) is 3. The molecule has 1 aliphatic heterocycles. The molecule has 4 rings (SSSR count). The molecule has 8 nitrogen and oxygen atoms in total. The van der Waals surface area contributed by atoms with E-state index < -0.39 is 11.7 Å². The first kappa shape index (κ1) is 26.6. The van der Waals surface area contributed by atoms with Crippen LogP contribution >= 0.6 is 0 Å². The fourth-order valence-electron chi connectivity index (χ4n) is 5.11. The molecule has 37 heavy (non-hydrogen) atoms. The van der Waals surface area contributed by atoms with Crippen molar-refractivity contribution in [1.82, 2.24) is 9.80 Å². The van der Waals surface area contributed by atoms with Crippen LogP contribution in [0.5, 0.6) is 17.2 Å². The van der Waals surface area contributed by atoms with Gasteiger partial charge in [0.15, 0.2) is 11.5 Å². The number of carbonyl (C=O) groups excluding carboxylic acids is 2. The molecule has 1 atom stereocenters. The van der Waals surface area contributed by atoms with Gasteiger partial charge in [0.25, 0.3) is 0 Å². The molecule has 8 heteroatoms. The number of rotatable bonds is 7. The van der Waals surface area contributed by atoms with Crippen molar-refractivity contribution < 1.29 is 28.9 Å². The first-order chi connectivity index (χ1) is 17.6. The minimum Gasteiger partial charge on any atom is -0.508 e. The summed E-state index contributed by atoms with van der Waals surface area (Å²) < 4.78 is 16.5. The molecule has 0 aromatic heterocycles. The third-order valence-electron chi connectivity index (χ3n) is 7.08. The number of amides is 2. The summed E-state index contributed by atoms with van der Waals surface area (Å²) in [6, 6.07) is 9.37. The number of carbonyl (C=O) groups is 2. The molecule has 200 valence electrons. The predicted molar refractivity (Wildman–Crippen MR) is 141 cm³/mol. The van der Waals surface area contributed by atoms with Crippen molar-refractivity contribution in [2.24, 2.45) is 0 Å². The lowest BCUT2D eigenvalue weighted by atomic mass is 9.77. The second-order valence-corrected chi connectivity index (χ2v) is 10.8. The lowest BCUT2D eigenvalue weighted by Crippen LogP contribution is -2.43. The molecule has 1 N–H and O–H groups in total. The van der Waals surface area contributed by atoms with Gasteiger partial charge in [-0.3, -0.25) is 4.79 Å². The molecule has 2 aromatic rings. The quantitative estimate of drug-likeness (QED) is 0.598. The molecule has 2 aliphatic rings. The van der Waals surface area contributed by atoms with E-state index in [2.05, 4.69) is 0 Å². The Morgan fingerprint density at radius 2 is 1.62 bits per heavy atom. The number of phenols is 1. The SMILES string of the molecule is COc1cc2c(cc1OC)CCN(C(=O)CCN(CC1Cc3cc(O)ccc31)C(=O)OC(C)(C)C)CC2. The fraction of sp³-hybridized carbons (Fsp3) is 0.517. The van der Waals surface area contributed by atoms with E-state index in [1.54, 1.807) is 31.3 Å². The van der Waals surface area contributed by atoms with E-state index in [0.29, 0.717) is 37.7 Å². The van der Waals surface area contributed by atoms with Gasteiger partial charge in [-0.2, -0.15) is 0 Å². The number of aromatic hydroxyl groups is 1. The van der Waals surface area contributed by atoms with Gasteiger partial charge in [-0.25, -0.2) is 4.79 Å². The Balaban J connectivity index is 1.39. The van der Waals surface area contributed by atoms with Crippen LogP contribution in [-0.4, -0.2) is 72.9 Å². The van der Waals surface area contributed by atoms with Crippen LogP contribution in [0.15, 0.2) is 30.3 Å². The van der Waals surface area contributed by atoms with Crippen LogP contribution in [0.25, 0.3) is 0 Å². The van der Waals surface area contributed by atoms with Gasteiger partial charge in [-0.15, -0.1) is 0 Å². The maximum Gasteiger partial charge on any atom is 0.410 e. The third-order valence-corrected chi connectivity index (χ3v) is 7.08. The smallest absolute Gasteiger partial charge is 0.410 e. The van der Waals surface area contributed by atoms with Gasteiger partial charge < -0.3 is 29.1 Å². The van der Waals surface area contributed by atoms with Gasteiger partial charge in [-0.05, 0) is 86.6 Å². The van der Waals surface area contributed by atoms with E-state index in [1.165, 1.54) is 0 Å². The summed E-state index contributed by atoms with van der Waals surface area (Å²) >= 11 is 0. The van der Waals surface area contributed by atoms with E-state index in [4.69, 9.17) is 14.2 Å². The zero-order valence-corrected chi connectivity index (χ0v) is 22.5. The summed E-state index contributed by atoms with van der Waals surface area (Å²) in [4.78, 5) is 29.8. The van der Waals surface area contributed by atoms with E-state index in [-0.39, 0.29) is 24.0 Å². The molecule has 0 saturated carbocycles. The topological polar surface area (TPSA) is 88.5 Å². The van der Waals surface area contributed by atoms with E-state index >= 15 is 0 Å². The minimum atomic E-state index is -0.624. The Morgan fingerprint density at radius 3 is 2.16 bits per heavy atom. The van der Waals surface area contributed by atoms with Crippen LogP contribution in [0, 0.1) is 0 Å². The van der Waals surface area contributed by atoms with Crippen LogP contribution in [0.3, 0.4) is 0 Å². The van der Waals surface area contributed by atoms with Crippen molar-refractivity contribution >= 4 is 12.0 Å². The first-order valence-corrected chi connectivity index (χ1v) is 12.9. The Kier molecular flexibility index (Phi) is 7.85. The molecular formula is C29H38N2O6. The van der Waals surface area contributed by atoms with Crippen molar-refractivity contribution in [1.29, 1.82) is 0 Å². The average molecular weight is 511 g/mol. The molecule has 0 saturated heterocycles. The molecule has 1 heterocycles. The van der Waals surface area contributed by atoms with Gasteiger partial charge in [0.2, 0.25) is 5.91 Å². The van der Waals surface area contributed by atoms with Crippen molar-refractivity contribution in [3.05, 3.63) is 52.6 Å². The van der Waals surface area contributed by atoms with Gasteiger partial charge in [0.1, 0.15) is 11.4 Å². The molecule has 1 aliphatic carbocycles. The molecule has 0 bridgehead atoms. The van der Waals surface area contributed by atoms with Crippen LogP contribution < -0.4 is 9.47 Å². The number of fused-ring (bicyclic) bond motifs is 2. The molecule has 2 aromatic carbocycles. The largest absolute Gasteiger partial charge is 0.508 e. The van der Waals surface area contributed by atoms with Gasteiger partial charge in [0.05, 0.1) is 14.2 Å². The zero-order valence-electron chi connectivity index (χ0n) is 22.5. The van der Waals surface area contributed by atoms with E-state index in [0.717, 1.165) is 41.5 Å².